The first-order chi connectivity index (χ1) is 14.5. The summed E-state index contributed by atoms with van der Waals surface area (Å²) in [4.78, 5) is 12.5. The molecule has 0 saturated carbocycles. The smallest absolute Gasteiger partial charge is 0.315 e. The second-order valence-electron chi connectivity index (χ2n) is 6.86. The highest BCUT2D eigenvalue weighted by atomic mass is 32.2. The Morgan fingerprint density at radius 3 is 2.20 bits per heavy atom. The van der Waals surface area contributed by atoms with Gasteiger partial charge in [0.2, 0.25) is 10.0 Å². The molecule has 2 N–H and O–H groups in total. The third-order valence-electron chi connectivity index (χ3n) is 4.86. The Hall–Kier alpha value is -2.46. The van der Waals surface area contributed by atoms with E-state index in [9.17, 15) is 13.2 Å². The quantitative estimate of drug-likeness (QED) is 0.662. The minimum absolute atomic E-state index is 0.102. The molecular formula is C21H27N3O5S. The zero-order valence-electron chi connectivity index (χ0n) is 17.0. The van der Waals surface area contributed by atoms with Gasteiger partial charge in [-0.2, -0.15) is 4.31 Å². The number of nitrogens with one attached hydrogen (secondary N) is 2. The fourth-order valence-electron chi connectivity index (χ4n) is 3.27. The van der Waals surface area contributed by atoms with Crippen LogP contribution in [0, 0.1) is 0 Å². The summed E-state index contributed by atoms with van der Waals surface area (Å²) in [5.74, 6) is 0. The molecule has 0 aliphatic carbocycles. The lowest BCUT2D eigenvalue weighted by Crippen LogP contribution is -2.41. The predicted octanol–water partition coefficient (Wildman–Crippen LogP) is 1.85. The minimum Gasteiger partial charge on any atom is -0.380 e. The van der Waals surface area contributed by atoms with Gasteiger partial charge in [0.1, 0.15) is 0 Å². The van der Waals surface area contributed by atoms with Crippen molar-refractivity contribution in [3.63, 3.8) is 0 Å². The topological polar surface area (TPSA) is 97.0 Å². The highest BCUT2D eigenvalue weighted by molar-refractivity contribution is 7.89. The van der Waals surface area contributed by atoms with Crippen LogP contribution in [0.5, 0.6) is 0 Å². The number of morpholine rings is 1. The lowest BCUT2D eigenvalue weighted by Gasteiger charge is -2.27. The fourth-order valence-corrected chi connectivity index (χ4v) is 4.90. The zero-order valence-corrected chi connectivity index (χ0v) is 17.8. The first-order valence-electron chi connectivity index (χ1n) is 9.75. The standard InChI is InChI=1S/C21H27N3O5S/c1-28-16-19-8-3-2-6-17(19)14-22-21(25)23-15-18-7-4-5-9-20(18)30(26,27)24-10-12-29-13-11-24/h2-9H,10-16H2,1H3,(H2,22,23,25). The molecule has 2 amide bonds. The molecule has 1 aliphatic rings. The van der Waals surface area contributed by atoms with E-state index in [1.165, 1.54) is 4.31 Å². The summed E-state index contributed by atoms with van der Waals surface area (Å²) in [6, 6.07) is 14.1. The maximum atomic E-state index is 13.0. The lowest BCUT2D eigenvalue weighted by molar-refractivity contribution is 0.0730. The molecule has 162 valence electrons. The average Bonchev–Trinajstić information content (AvgIpc) is 2.78. The molecule has 0 radical (unpaired) electrons. The molecule has 0 bridgehead atoms. The van der Waals surface area contributed by atoms with Crippen LogP contribution in [-0.4, -0.2) is 52.2 Å². The molecule has 2 aromatic rings. The summed E-state index contributed by atoms with van der Waals surface area (Å²) in [6.45, 7) is 2.33. The van der Waals surface area contributed by atoms with Gasteiger partial charge in [-0.3, -0.25) is 0 Å². The van der Waals surface area contributed by atoms with Crippen LogP contribution in [0.3, 0.4) is 0 Å². The van der Waals surface area contributed by atoms with Gasteiger partial charge in [0.05, 0.1) is 24.7 Å². The molecule has 3 rings (SSSR count). The van der Waals surface area contributed by atoms with Crippen molar-refractivity contribution in [2.45, 2.75) is 24.6 Å². The second-order valence-corrected chi connectivity index (χ2v) is 8.77. The Morgan fingerprint density at radius 1 is 0.967 bits per heavy atom. The van der Waals surface area contributed by atoms with Crippen molar-refractivity contribution in [2.75, 3.05) is 33.4 Å². The SMILES string of the molecule is COCc1ccccc1CNC(=O)NCc1ccccc1S(=O)(=O)N1CCOCC1. The molecule has 1 saturated heterocycles. The van der Waals surface area contributed by atoms with Crippen LogP contribution in [0.2, 0.25) is 0 Å². The Bertz CT molecular complexity index is 959. The predicted molar refractivity (Wildman–Crippen MR) is 112 cm³/mol. The number of methoxy groups -OCH3 is 1. The maximum absolute atomic E-state index is 13.0. The molecule has 1 fully saturated rings. The van der Waals surface area contributed by atoms with Gasteiger partial charge in [0.25, 0.3) is 0 Å². The number of hydrogen-bond donors (Lipinski definition) is 2. The lowest BCUT2D eigenvalue weighted by atomic mass is 10.1. The summed E-state index contributed by atoms with van der Waals surface area (Å²) in [7, 11) is -2.02. The van der Waals surface area contributed by atoms with Gasteiger partial charge in [0.15, 0.2) is 0 Å². The van der Waals surface area contributed by atoms with Crippen LogP contribution < -0.4 is 10.6 Å². The van der Waals surface area contributed by atoms with E-state index in [0.29, 0.717) is 45.0 Å². The second kappa shape index (κ2) is 10.5. The van der Waals surface area contributed by atoms with Crippen molar-refractivity contribution in [3.8, 4) is 0 Å². The third kappa shape index (κ3) is 5.57. The molecule has 30 heavy (non-hydrogen) atoms. The van der Waals surface area contributed by atoms with Crippen LogP contribution in [0.4, 0.5) is 4.79 Å². The van der Waals surface area contributed by atoms with Crippen LogP contribution in [0.15, 0.2) is 53.4 Å². The third-order valence-corrected chi connectivity index (χ3v) is 6.86. The molecule has 1 heterocycles. The molecule has 9 heteroatoms. The number of urea groups is 1. The van der Waals surface area contributed by atoms with E-state index in [2.05, 4.69) is 10.6 Å². The van der Waals surface area contributed by atoms with E-state index in [-0.39, 0.29) is 17.5 Å². The van der Waals surface area contributed by atoms with Gasteiger partial charge in [-0.1, -0.05) is 42.5 Å². The molecule has 0 aromatic heterocycles. The Labute approximate surface area is 177 Å². The van der Waals surface area contributed by atoms with E-state index in [1.807, 2.05) is 24.3 Å². The monoisotopic (exact) mass is 433 g/mol. The molecule has 8 nitrogen and oxygen atoms in total. The van der Waals surface area contributed by atoms with Gasteiger partial charge >= 0.3 is 6.03 Å². The number of hydrogen-bond acceptors (Lipinski definition) is 5. The van der Waals surface area contributed by atoms with Gasteiger partial charge < -0.3 is 20.1 Å². The van der Waals surface area contributed by atoms with E-state index in [4.69, 9.17) is 9.47 Å². The van der Waals surface area contributed by atoms with Crippen LogP contribution >= 0.6 is 0 Å². The Balaban J connectivity index is 1.62. The largest absolute Gasteiger partial charge is 0.380 e. The maximum Gasteiger partial charge on any atom is 0.315 e. The first kappa shape index (κ1) is 22.2. The van der Waals surface area contributed by atoms with Crippen molar-refractivity contribution in [3.05, 3.63) is 65.2 Å². The molecule has 0 unspecified atom stereocenters. The summed E-state index contributed by atoms with van der Waals surface area (Å²) < 4.78 is 37.8. The number of sulfonamides is 1. The molecule has 2 aromatic carbocycles. The Kier molecular flexibility index (Phi) is 7.81. The normalized spacial score (nSPS) is 15.0. The van der Waals surface area contributed by atoms with E-state index in [1.54, 1.807) is 31.4 Å². The van der Waals surface area contributed by atoms with Crippen LogP contribution in [0.1, 0.15) is 16.7 Å². The number of ether oxygens (including phenoxy) is 2. The number of carbonyl (C=O) groups is 1. The first-order valence-corrected chi connectivity index (χ1v) is 11.2. The molecular weight excluding hydrogens is 406 g/mol. The summed E-state index contributed by atoms with van der Waals surface area (Å²) in [5, 5.41) is 5.55. The number of rotatable bonds is 8. The van der Waals surface area contributed by atoms with Crippen molar-refractivity contribution in [2.24, 2.45) is 0 Å². The van der Waals surface area contributed by atoms with Gasteiger partial charge in [-0.05, 0) is 22.8 Å². The number of carbonyl (C=O) groups excluding carboxylic acids is 1. The van der Waals surface area contributed by atoms with Crippen molar-refractivity contribution in [1.29, 1.82) is 0 Å². The summed E-state index contributed by atoms with van der Waals surface area (Å²) in [5.41, 5.74) is 2.51. The van der Waals surface area contributed by atoms with Crippen molar-refractivity contribution in [1.82, 2.24) is 14.9 Å². The highest BCUT2D eigenvalue weighted by Crippen LogP contribution is 2.21. The zero-order chi connectivity index (χ0) is 21.4. The number of nitrogens with zero attached hydrogens (tertiary/aromatic N) is 1. The number of amides is 2. The van der Waals surface area contributed by atoms with Crippen LogP contribution in [-0.2, 0) is 39.2 Å². The van der Waals surface area contributed by atoms with Crippen molar-refractivity contribution >= 4 is 16.1 Å². The van der Waals surface area contributed by atoms with Gasteiger partial charge in [0, 0.05) is 33.3 Å². The van der Waals surface area contributed by atoms with Crippen LogP contribution in [0.25, 0.3) is 0 Å². The molecule has 0 atom stereocenters. The van der Waals surface area contributed by atoms with E-state index >= 15 is 0 Å². The van der Waals surface area contributed by atoms with Gasteiger partial charge in [-0.15, -0.1) is 0 Å². The van der Waals surface area contributed by atoms with Gasteiger partial charge in [-0.25, -0.2) is 13.2 Å². The fraction of sp³-hybridized carbons (Fsp3) is 0.381. The van der Waals surface area contributed by atoms with E-state index in [0.717, 1.165) is 11.1 Å². The van der Waals surface area contributed by atoms with E-state index < -0.39 is 10.0 Å². The summed E-state index contributed by atoms with van der Waals surface area (Å²) in [6.07, 6.45) is 0. The Morgan fingerprint density at radius 2 is 1.53 bits per heavy atom. The highest BCUT2D eigenvalue weighted by Gasteiger charge is 2.28. The molecule has 1 aliphatic heterocycles. The summed E-state index contributed by atoms with van der Waals surface area (Å²) >= 11 is 0. The average molecular weight is 434 g/mol. The molecule has 0 spiro atoms. The number of benzene rings is 2. The van der Waals surface area contributed by atoms with Crippen molar-refractivity contribution < 1.29 is 22.7 Å². The minimum atomic E-state index is -3.64.